The number of allylic oxidation sites excluding steroid dienone is 2. The van der Waals surface area contributed by atoms with Gasteiger partial charge >= 0.3 is 0 Å². The molecule has 6 heavy (non-hydrogen) atoms. The van der Waals surface area contributed by atoms with Crippen molar-refractivity contribution in [2.24, 2.45) is 0 Å². The minimum atomic E-state index is -0.116. The summed E-state index contributed by atoms with van der Waals surface area (Å²) in [6, 6.07) is 0. The Morgan fingerprint density at radius 3 is 2.50 bits per heavy atom. The zero-order valence-corrected chi connectivity index (χ0v) is 5.13. The summed E-state index contributed by atoms with van der Waals surface area (Å²) < 4.78 is 11.7. The molecule has 0 aliphatic rings. The smallest absolute Gasteiger partial charge is 0.106 e. The predicted octanol–water partition coefficient (Wildman–Crippen LogP) is 2.25. The number of halogens is 2. The summed E-state index contributed by atoms with van der Waals surface area (Å²) >= 11 is 2.93. The van der Waals surface area contributed by atoms with Gasteiger partial charge in [-0.25, -0.2) is 4.39 Å². The second kappa shape index (κ2) is 3.34. The maximum absolute atomic E-state index is 11.7. The van der Waals surface area contributed by atoms with Crippen LogP contribution in [-0.4, -0.2) is 5.33 Å². The van der Waals surface area contributed by atoms with Crippen molar-refractivity contribution in [2.45, 2.75) is 6.92 Å². The molecule has 0 rings (SSSR count). The monoisotopic (exact) mass is 152 g/mol. The topological polar surface area (TPSA) is 0 Å². The molecule has 0 heterocycles. The summed E-state index contributed by atoms with van der Waals surface area (Å²) in [6.07, 6.45) is 1.43. The lowest BCUT2D eigenvalue weighted by atomic mass is 10.6. The first kappa shape index (κ1) is 6.15. The summed E-state index contributed by atoms with van der Waals surface area (Å²) in [5.41, 5.74) is 0. The van der Waals surface area contributed by atoms with Crippen LogP contribution in [0, 0.1) is 0 Å². The maximum Gasteiger partial charge on any atom is 0.106 e. The fourth-order valence-corrected chi connectivity index (χ4v) is 0.401. The molecular weight excluding hydrogens is 147 g/mol. The lowest BCUT2D eigenvalue weighted by molar-refractivity contribution is 0.644. The van der Waals surface area contributed by atoms with Crippen LogP contribution >= 0.6 is 15.9 Å². The maximum atomic E-state index is 11.7. The highest BCUT2D eigenvalue weighted by atomic mass is 79.9. The Balaban J connectivity index is 3.22. The Kier molecular flexibility index (Phi) is 3.43. The molecule has 0 fully saturated rings. The van der Waals surface area contributed by atoms with Gasteiger partial charge < -0.3 is 0 Å². The van der Waals surface area contributed by atoms with Gasteiger partial charge in [0.05, 0.1) is 5.33 Å². The summed E-state index contributed by atoms with van der Waals surface area (Å²) in [6.45, 7) is 1.66. The van der Waals surface area contributed by atoms with E-state index in [-0.39, 0.29) is 5.83 Å². The molecule has 0 aromatic carbocycles. The fraction of sp³-hybridized carbons (Fsp3) is 0.500. The van der Waals surface area contributed by atoms with E-state index < -0.39 is 0 Å². The lowest BCUT2D eigenvalue weighted by Crippen LogP contribution is -1.66. The molecule has 0 nitrogen and oxygen atoms in total. The van der Waals surface area contributed by atoms with Crippen molar-refractivity contribution in [1.82, 2.24) is 0 Å². The molecule has 0 saturated carbocycles. The Labute approximate surface area is 45.2 Å². The van der Waals surface area contributed by atoms with Crippen LogP contribution in [0.25, 0.3) is 0 Å². The Morgan fingerprint density at radius 2 is 2.50 bits per heavy atom. The van der Waals surface area contributed by atoms with Crippen LogP contribution in [0.5, 0.6) is 0 Å². The van der Waals surface area contributed by atoms with Crippen molar-refractivity contribution in [1.29, 1.82) is 0 Å². The van der Waals surface area contributed by atoms with Crippen molar-refractivity contribution < 1.29 is 4.39 Å². The summed E-state index contributed by atoms with van der Waals surface area (Å²) in [7, 11) is 0. The Bertz CT molecular complexity index is 58.6. The second-order valence-corrected chi connectivity index (χ2v) is 1.43. The van der Waals surface area contributed by atoms with Gasteiger partial charge in [0.15, 0.2) is 0 Å². The standard InChI is InChI=1S/C4H6BrF/c1-2-4(6)3-5/h2H,3H2,1H3. The van der Waals surface area contributed by atoms with E-state index in [9.17, 15) is 4.39 Å². The van der Waals surface area contributed by atoms with Gasteiger partial charge in [0, 0.05) is 0 Å². The van der Waals surface area contributed by atoms with Gasteiger partial charge in [0.1, 0.15) is 5.83 Å². The van der Waals surface area contributed by atoms with E-state index in [4.69, 9.17) is 0 Å². The zero-order chi connectivity index (χ0) is 4.99. The minimum Gasteiger partial charge on any atom is -0.211 e. The summed E-state index contributed by atoms with van der Waals surface area (Å²) in [4.78, 5) is 0. The number of hydrogen-bond donors (Lipinski definition) is 0. The Morgan fingerprint density at radius 1 is 2.00 bits per heavy atom. The predicted molar refractivity (Wildman–Crippen MR) is 28.7 cm³/mol. The molecule has 0 saturated heterocycles. The minimum absolute atomic E-state index is 0.116. The van der Waals surface area contributed by atoms with Gasteiger partial charge in [-0.3, -0.25) is 0 Å². The van der Waals surface area contributed by atoms with Gasteiger partial charge in [-0.1, -0.05) is 22.0 Å². The molecule has 0 aliphatic heterocycles. The molecule has 0 unspecified atom stereocenters. The third-order valence-corrected chi connectivity index (χ3v) is 0.977. The van der Waals surface area contributed by atoms with Crippen LogP contribution in [0.1, 0.15) is 6.92 Å². The summed E-state index contributed by atoms with van der Waals surface area (Å²) in [5, 5.41) is 0.337. The molecule has 0 spiro atoms. The van der Waals surface area contributed by atoms with Gasteiger partial charge in [0.25, 0.3) is 0 Å². The van der Waals surface area contributed by atoms with Gasteiger partial charge in [-0.15, -0.1) is 0 Å². The van der Waals surface area contributed by atoms with Crippen LogP contribution in [-0.2, 0) is 0 Å². The molecule has 0 radical (unpaired) electrons. The Hall–Kier alpha value is 0.150. The molecule has 0 amide bonds. The highest BCUT2D eigenvalue weighted by molar-refractivity contribution is 9.09. The fourth-order valence-electron chi connectivity index (χ4n) is 0.0772. The normalized spacial score (nSPS) is 12.2. The van der Waals surface area contributed by atoms with Crippen LogP contribution in [0.4, 0.5) is 4.39 Å². The van der Waals surface area contributed by atoms with E-state index in [1.165, 1.54) is 6.08 Å². The van der Waals surface area contributed by atoms with Gasteiger partial charge in [0.2, 0.25) is 0 Å². The number of alkyl halides is 1. The van der Waals surface area contributed by atoms with E-state index in [0.29, 0.717) is 5.33 Å². The first-order chi connectivity index (χ1) is 2.81. The van der Waals surface area contributed by atoms with E-state index in [0.717, 1.165) is 0 Å². The van der Waals surface area contributed by atoms with E-state index in [2.05, 4.69) is 15.9 Å². The average molecular weight is 153 g/mol. The van der Waals surface area contributed by atoms with Gasteiger partial charge in [-0.2, -0.15) is 0 Å². The van der Waals surface area contributed by atoms with E-state index >= 15 is 0 Å². The molecule has 0 aromatic heterocycles. The van der Waals surface area contributed by atoms with E-state index in [1.807, 2.05) is 0 Å². The van der Waals surface area contributed by atoms with Crippen molar-refractivity contribution >= 4 is 15.9 Å². The molecule has 2 heteroatoms. The number of hydrogen-bond acceptors (Lipinski definition) is 0. The SMILES string of the molecule is CC=C(F)CBr. The highest BCUT2D eigenvalue weighted by Gasteiger charge is 1.81. The quantitative estimate of drug-likeness (QED) is 0.506. The van der Waals surface area contributed by atoms with Crippen molar-refractivity contribution in [3.8, 4) is 0 Å². The molecule has 0 aromatic rings. The molecule has 0 aliphatic carbocycles. The third-order valence-electron chi connectivity index (χ3n) is 0.441. The molecule has 0 bridgehead atoms. The third kappa shape index (κ3) is 2.39. The second-order valence-electron chi connectivity index (χ2n) is 0.869. The van der Waals surface area contributed by atoms with Crippen LogP contribution < -0.4 is 0 Å². The first-order valence-electron chi connectivity index (χ1n) is 1.68. The van der Waals surface area contributed by atoms with Crippen molar-refractivity contribution in [3.63, 3.8) is 0 Å². The van der Waals surface area contributed by atoms with Crippen molar-refractivity contribution in [3.05, 3.63) is 11.9 Å². The highest BCUT2D eigenvalue weighted by Crippen LogP contribution is 1.97. The first-order valence-corrected chi connectivity index (χ1v) is 2.80. The van der Waals surface area contributed by atoms with Gasteiger partial charge in [-0.05, 0) is 6.92 Å². The summed E-state index contributed by atoms with van der Waals surface area (Å²) in [5.74, 6) is -0.116. The molecule has 36 valence electrons. The largest absolute Gasteiger partial charge is 0.211 e. The van der Waals surface area contributed by atoms with Crippen LogP contribution in [0.15, 0.2) is 11.9 Å². The molecular formula is C4H6BrF. The molecule has 0 N–H and O–H groups in total. The average Bonchev–Trinajstić information content (AvgIpc) is 1.65. The van der Waals surface area contributed by atoms with Crippen molar-refractivity contribution in [2.75, 3.05) is 5.33 Å². The van der Waals surface area contributed by atoms with Crippen LogP contribution in [0.3, 0.4) is 0 Å². The number of rotatable bonds is 1. The lowest BCUT2D eigenvalue weighted by Gasteiger charge is -1.78. The zero-order valence-electron chi connectivity index (χ0n) is 3.54. The van der Waals surface area contributed by atoms with Crippen LogP contribution in [0.2, 0.25) is 0 Å². The van der Waals surface area contributed by atoms with E-state index in [1.54, 1.807) is 6.92 Å². The molecule has 0 atom stereocenters.